The first-order chi connectivity index (χ1) is 13.2. The van der Waals surface area contributed by atoms with Gasteiger partial charge >= 0.3 is 11.9 Å². The Labute approximate surface area is 169 Å². The Morgan fingerprint density at radius 3 is 2.32 bits per heavy atom. The summed E-state index contributed by atoms with van der Waals surface area (Å²) < 4.78 is 10.4. The lowest BCUT2D eigenvalue weighted by Gasteiger charge is -2.30. The average molecular weight is 458 g/mol. The van der Waals surface area contributed by atoms with Crippen LogP contribution >= 0.6 is 15.9 Å². The number of esters is 2. The maximum Gasteiger partial charge on any atom is 0.346 e. The summed E-state index contributed by atoms with van der Waals surface area (Å²) >= 11 is 3.27. The molecule has 0 spiro atoms. The molecule has 0 radical (unpaired) electrons. The smallest absolute Gasteiger partial charge is 0.346 e. The van der Waals surface area contributed by atoms with E-state index in [4.69, 9.17) is 14.3 Å². The van der Waals surface area contributed by atoms with Crippen molar-refractivity contribution in [2.75, 3.05) is 13.2 Å². The summed E-state index contributed by atoms with van der Waals surface area (Å²) in [5.74, 6) is -4.41. The second-order valence-corrected chi connectivity index (χ2v) is 6.84. The van der Waals surface area contributed by atoms with E-state index in [0.717, 1.165) is 6.92 Å². The van der Waals surface area contributed by atoms with E-state index in [1.54, 1.807) is 12.1 Å². The summed E-state index contributed by atoms with van der Waals surface area (Å²) in [5, 5.41) is 22.9. The number of carbonyl (C=O) groups excluding carboxylic acids is 3. The van der Waals surface area contributed by atoms with Crippen molar-refractivity contribution in [2.24, 2.45) is 0 Å². The van der Waals surface area contributed by atoms with Gasteiger partial charge in [-0.2, -0.15) is 0 Å². The van der Waals surface area contributed by atoms with Crippen molar-refractivity contribution in [3.05, 3.63) is 39.5 Å². The van der Waals surface area contributed by atoms with Crippen LogP contribution in [0.2, 0.25) is 0 Å². The van der Waals surface area contributed by atoms with Gasteiger partial charge in [-0.15, -0.1) is 0 Å². The number of halogens is 1. The number of aliphatic hydroxyl groups excluding tert-OH is 1. The average Bonchev–Trinajstić information content (AvgIpc) is 2.96. The molecule has 1 aliphatic rings. The van der Waals surface area contributed by atoms with Crippen LogP contribution in [0.5, 0.6) is 0 Å². The van der Waals surface area contributed by atoms with Crippen LogP contribution < -0.4 is 0 Å². The third-order valence-electron chi connectivity index (χ3n) is 4.24. The first-order valence-corrected chi connectivity index (χ1v) is 9.31. The highest BCUT2D eigenvalue weighted by molar-refractivity contribution is 9.10. The molecule has 0 bridgehead atoms. The summed E-state index contributed by atoms with van der Waals surface area (Å²) in [6.07, 6.45) is -2.04. The van der Waals surface area contributed by atoms with Crippen LogP contribution in [0.25, 0.3) is 0 Å². The Morgan fingerprint density at radius 2 is 1.82 bits per heavy atom. The van der Waals surface area contributed by atoms with Gasteiger partial charge in [0.2, 0.25) is 11.7 Å². The van der Waals surface area contributed by atoms with Gasteiger partial charge in [-0.25, -0.2) is 9.59 Å². The summed E-state index contributed by atoms with van der Waals surface area (Å²) in [6.45, 7) is 4.01. The normalized spacial score (nSPS) is 22.4. The van der Waals surface area contributed by atoms with E-state index in [2.05, 4.69) is 15.9 Å². The first kappa shape index (κ1) is 21.8. The topological polar surface area (TPSA) is 125 Å². The van der Waals surface area contributed by atoms with E-state index in [0.29, 0.717) is 10.0 Å². The zero-order chi connectivity index (χ0) is 21.1. The Hall–Kier alpha value is -2.46. The molecule has 10 heteroatoms. The number of Topliss-reactive ketones (excluding diaryl/α,β-unsaturated/α-hetero) is 1. The Kier molecular flexibility index (Phi) is 6.78. The Bertz CT molecular complexity index is 806. The van der Waals surface area contributed by atoms with E-state index < -0.39 is 41.1 Å². The fourth-order valence-corrected chi connectivity index (χ4v) is 3.28. The van der Waals surface area contributed by atoms with Crippen molar-refractivity contribution in [3.63, 3.8) is 0 Å². The molecule has 1 heterocycles. The summed E-state index contributed by atoms with van der Waals surface area (Å²) in [6, 6.07) is 6.30. The zero-order valence-corrected chi connectivity index (χ0v) is 17.1. The lowest BCUT2D eigenvalue weighted by molar-refractivity contribution is -0.745. The third-order valence-corrected chi connectivity index (χ3v) is 4.76. The minimum absolute atomic E-state index is 0.0401. The Morgan fingerprint density at radius 1 is 1.25 bits per heavy atom. The molecule has 0 saturated heterocycles. The molecule has 9 nitrogen and oxygen atoms in total. The van der Waals surface area contributed by atoms with Gasteiger partial charge in [0.25, 0.3) is 5.71 Å². The van der Waals surface area contributed by atoms with Crippen LogP contribution in [0.3, 0.4) is 0 Å². The highest BCUT2D eigenvalue weighted by atomic mass is 79.9. The third kappa shape index (κ3) is 3.74. The van der Waals surface area contributed by atoms with Gasteiger partial charge in [0.1, 0.15) is 5.92 Å². The predicted molar refractivity (Wildman–Crippen MR) is 99.3 cm³/mol. The number of ether oxygens (including phenoxy) is 2. The number of hydrogen-bond acceptors (Lipinski definition) is 8. The molecule has 152 valence electrons. The van der Waals surface area contributed by atoms with Crippen molar-refractivity contribution in [2.45, 2.75) is 38.4 Å². The molecule has 0 saturated carbocycles. The van der Waals surface area contributed by atoms with Gasteiger partial charge in [-0.1, -0.05) is 28.1 Å². The molecule has 1 N–H and O–H groups in total. The van der Waals surface area contributed by atoms with Gasteiger partial charge < -0.3 is 19.4 Å². The number of rotatable bonds is 7. The first-order valence-electron chi connectivity index (χ1n) is 8.52. The molecular formula is C18H20BrNO8. The summed E-state index contributed by atoms with van der Waals surface area (Å²) in [7, 11) is 0. The second kappa shape index (κ2) is 8.70. The van der Waals surface area contributed by atoms with Crippen molar-refractivity contribution in [3.8, 4) is 0 Å². The lowest BCUT2D eigenvalue weighted by Crippen LogP contribution is -2.53. The van der Waals surface area contributed by atoms with Gasteiger partial charge in [-0.05, 0) is 38.5 Å². The number of nitrogens with zero attached hydrogens (tertiary/aromatic N) is 1. The minimum Gasteiger partial charge on any atom is -0.464 e. The standard InChI is InChI=1S/C18H20BrNO8/c1-4-26-16(23)15(22)14-13(11-6-8-12(19)9-7-11)18(10(3)21,28-20(14)25)17(24)27-5-2/h6-9,13,15,22H,4-5H2,1-3H3/t13-,15-,18?/m1/s1. The maximum absolute atomic E-state index is 12.7. The fraction of sp³-hybridized carbons (Fsp3) is 0.444. The SMILES string of the molecule is CCOC(=O)[C@H](O)C1=[N+]([O-])OC(C(C)=O)(C(=O)OCC)[C@@H]1c1ccc(Br)cc1. The van der Waals surface area contributed by atoms with Gasteiger partial charge in [0, 0.05) is 9.37 Å². The van der Waals surface area contributed by atoms with Crippen LogP contribution in [-0.2, 0) is 28.7 Å². The summed E-state index contributed by atoms with van der Waals surface area (Å²) in [5.41, 5.74) is -2.62. The van der Waals surface area contributed by atoms with Gasteiger partial charge in [0.05, 0.1) is 13.2 Å². The fourth-order valence-electron chi connectivity index (χ4n) is 3.01. The van der Waals surface area contributed by atoms with Crippen LogP contribution in [0.4, 0.5) is 0 Å². The quantitative estimate of drug-likeness (QED) is 0.368. The number of hydrogen-bond donors (Lipinski definition) is 1. The predicted octanol–water partition coefficient (Wildman–Crippen LogP) is 1.24. The monoisotopic (exact) mass is 457 g/mol. The van der Waals surface area contributed by atoms with E-state index in [1.165, 1.54) is 26.0 Å². The van der Waals surface area contributed by atoms with Crippen LogP contribution in [0, 0.1) is 5.21 Å². The number of ketones is 1. The number of carbonyl (C=O) groups is 3. The maximum atomic E-state index is 12.7. The largest absolute Gasteiger partial charge is 0.464 e. The van der Waals surface area contributed by atoms with Crippen molar-refractivity contribution in [1.29, 1.82) is 0 Å². The number of aliphatic hydroxyl groups is 1. The highest BCUT2D eigenvalue weighted by Gasteiger charge is 2.64. The molecule has 28 heavy (non-hydrogen) atoms. The molecule has 0 fully saturated rings. The molecule has 0 aliphatic carbocycles. The minimum atomic E-state index is -2.38. The molecule has 2 rings (SSSR count). The van der Waals surface area contributed by atoms with E-state index in [9.17, 15) is 24.7 Å². The van der Waals surface area contributed by atoms with E-state index >= 15 is 0 Å². The molecule has 3 atom stereocenters. The van der Waals surface area contributed by atoms with Crippen LogP contribution in [-0.4, -0.2) is 58.4 Å². The highest BCUT2D eigenvalue weighted by Crippen LogP contribution is 2.41. The molecule has 1 aromatic carbocycles. The van der Waals surface area contributed by atoms with Gasteiger partial charge in [0.15, 0.2) is 5.78 Å². The summed E-state index contributed by atoms with van der Waals surface area (Å²) in [4.78, 5) is 42.3. The van der Waals surface area contributed by atoms with Crippen molar-refractivity contribution >= 4 is 39.4 Å². The molecule has 1 unspecified atom stereocenters. The van der Waals surface area contributed by atoms with E-state index in [-0.39, 0.29) is 18.1 Å². The second-order valence-electron chi connectivity index (χ2n) is 5.92. The molecule has 1 aliphatic heterocycles. The number of benzene rings is 1. The zero-order valence-electron chi connectivity index (χ0n) is 15.5. The lowest BCUT2D eigenvalue weighted by atomic mass is 9.75. The van der Waals surface area contributed by atoms with Crippen LogP contribution in [0.15, 0.2) is 28.7 Å². The van der Waals surface area contributed by atoms with Crippen molar-refractivity contribution < 1.29 is 38.7 Å². The van der Waals surface area contributed by atoms with E-state index in [1.807, 2.05) is 0 Å². The Balaban J connectivity index is 2.68. The van der Waals surface area contributed by atoms with Crippen LogP contribution in [0.1, 0.15) is 32.3 Å². The molecule has 1 aromatic rings. The molecular weight excluding hydrogens is 438 g/mol. The molecule has 0 aromatic heterocycles. The molecule has 0 amide bonds. The van der Waals surface area contributed by atoms with Crippen molar-refractivity contribution in [1.82, 2.24) is 0 Å². The van der Waals surface area contributed by atoms with Gasteiger partial charge in [-0.3, -0.25) is 10.0 Å².